The van der Waals surface area contributed by atoms with Crippen LogP contribution < -0.4 is 0 Å². The number of rotatable bonds is 20. The van der Waals surface area contributed by atoms with Crippen LogP contribution in [0.15, 0.2) is 35.5 Å². The summed E-state index contributed by atoms with van der Waals surface area (Å²) in [4.78, 5) is 12.8. The standard InChI is InChI=1S/C45H76O2/c1-7-8-9-10-11-12-13-14-15-16-17-18-19-20-21-25-43(46)47-38-30-32-44(5)37(34-38)26-27-39-41-29-28-40(36(4)24-22-23-35(2)3)45(41,6)33-31-42(39)44/h14-15,23,26,36,38-42H,7-13,16-22,24-25,27-34H2,1-6H3/b15-14+/t36-,38+,39+,40-,41+,42+,44+,45-/m1/s1/i2D3,3D3. The average Bonchev–Trinajstić information content (AvgIpc) is 3.44. The zero-order valence-corrected chi connectivity index (χ0v) is 31.1. The molecule has 8 atom stereocenters. The van der Waals surface area contributed by atoms with Crippen molar-refractivity contribution in [1.82, 2.24) is 0 Å². The maximum Gasteiger partial charge on any atom is 0.306 e. The van der Waals surface area contributed by atoms with Crippen molar-refractivity contribution in [2.75, 3.05) is 0 Å². The third-order valence-corrected chi connectivity index (χ3v) is 13.7. The van der Waals surface area contributed by atoms with E-state index in [-0.39, 0.29) is 28.5 Å². The van der Waals surface area contributed by atoms with Crippen LogP contribution in [0.4, 0.5) is 0 Å². The molecule has 0 unspecified atom stereocenters. The fourth-order valence-corrected chi connectivity index (χ4v) is 11.0. The number of unbranched alkanes of at least 4 members (excludes halogenated alkanes) is 11. The Morgan fingerprint density at radius 1 is 0.894 bits per heavy atom. The van der Waals surface area contributed by atoms with Gasteiger partial charge in [-0.25, -0.2) is 0 Å². The number of fused-ring (bicyclic) bond motifs is 5. The number of ether oxygens (including phenoxy) is 1. The third kappa shape index (κ3) is 10.6. The highest BCUT2D eigenvalue weighted by atomic mass is 16.5. The Hall–Kier alpha value is -1.31. The first-order valence-electron chi connectivity index (χ1n) is 23.4. The number of hydrogen-bond donors (Lipinski definition) is 0. The molecule has 2 heteroatoms. The van der Waals surface area contributed by atoms with Crippen molar-refractivity contribution in [3.8, 4) is 0 Å². The van der Waals surface area contributed by atoms with Gasteiger partial charge in [-0.05, 0) is 144 Å². The highest BCUT2D eigenvalue weighted by Gasteiger charge is 2.59. The van der Waals surface area contributed by atoms with Gasteiger partial charge in [0.1, 0.15) is 6.10 Å². The Balaban J connectivity index is 1.17. The highest BCUT2D eigenvalue weighted by Crippen LogP contribution is 2.67. The third-order valence-electron chi connectivity index (χ3n) is 13.7. The minimum atomic E-state index is -2.58. The normalized spacial score (nSPS) is 34.7. The van der Waals surface area contributed by atoms with Crippen LogP contribution in [0.2, 0.25) is 0 Å². The van der Waals surface area contributed by atoms with Crippen molar-refractivity contribution in [3.05, 3.63) is 35.5 Å². The minimum Gasteiger partial charge on any atom is -0.462 e. The lowest BCUT2D eigenvalue weighted by atomic mass is 9.47. The fraction of sp³-hybridized carbons (Fsp3) is 0.844. The van der Waals surface area contributed by atoms with E-state index in [0.717, 1.165) is 44.9 Å². The van der Waals surface area contributed by atoms with Crippen molar-refractivity contribution < 1.29 is 17.8 Å². The first-order valence-corrected chi connectivity index (χ1v) is 20.4. The highest BCUT2D eigenvalue weighted by molar-refractivity contribution is 5.69. The van der Waals surface area contributed by atoms with Gasteiger partial charge in [-0.1, -0.05) is 115 Å². The zero-order chi connectivity index (χ0) is 38.7. The van der Waals surface area contributed by atoms with E-state index in [1.165, 1.54) is 102 Å². The van der Waals surface area contributed by atoms with Gasteiger partial charge in [-0.3, -0.25) is 4.79 Å². The SMILES string of the molecule is [2H]C([2H])([2H])C(=CCC[C@@H](C)[C@H]1CC[C@H]2[C@@H]3CC=C4C[C@@H](OC(=O)CCCCCCC/C=C/CCCCCCCC)CC[C@]4(C)[C@H]3CC[C@]12C)C([2H])([2H])[2H]. The topological polar surface area (TPSA) is 26.3 Å². The molecule has 0 aromatic rings. The molecular formula is C45H76O2. The van der Waals surface area contributed by atoms with Gasteiger partial charge in [0.2, 0.25) is 0 Å². The van der Waals surface area contributed by atoms with E-state index in [2.05, 4.69) is 45.9 Å². The number of hydrogen-bond acceptors (Lipinski definition) is 2. The summed E-state index contributed by atoms with van der Waals surface area (Å²) in [6, 6.07) is 0. The molecule has 0 heterocycles. The van der Waals surface area contributed by atoms with Crippen molar-refractivity contribution in [2.45, 2.75) is 202 Å². The van der Waals surface area contributed by atoms with E-state index in [1.807, 2.05) is 0 Å². The van der Waals surface area contributed by atoms with Gasteiger partial charge >= 0.3 is 5.97 Å². The Bertz CT molecular complexity index is 1220. The number of carbonyl (C=O) groups is 1. The van der Waals surface area contributed by atoms with Crippen molar-refractivity contribution >= 4 is 5.97 Å². The van der Waals surface area contributed by atoms with E-state index in [1.54, 1.807) is 5.57 Å². The summed E-state index contributed by atoms with van der Waals surface area (Å²) in [5, 5.41) is 0. The molecule has 0 radical (unpaired) electrons. The molecule has 3 fully saturated rings. The lowest BCUT2D eigenvalue weighted by Crippen LogP contribution is -2.51. The molecule has 0 saturated heterocycles. The van der Waals surface area contributed by atoms with Gasteiger partial charge < -0.3 is 4.74 Å². The van der Waals surface area contributed by atoms with Gasteiger partial charge in [0.25, 0.3) is 0 Å². The second kappa shape index (κ2) is 19.2. The Kier molecular flexibility index (Phi) is 12.5. The lowest BCUT2D eigenvalue weighted by Gasteiger charge is -2.58. The predicted molar refractivity (Wildman–Crippen MR) is 202 cm³/mol. The van der Waals surface area contributed by atoms with Crippen LogP contribution in [-0.4, -0.2) is 12.1 Å². The molecule has 2 nitrogen and oxygen atoms in total. The molecule has 47 heavy (non-hydrogen) atoms. The van der Waals surface area contributed by atoms with Gasteiger partial charge in [0, 0.05) is 21.1 Å². The van der Waals surface area contributed by atoms with Crippen LogP contribution in [0.3, 0.4) is 0 Å². The Morgan fingerprint density at radius 3 is 2.32 bits per heavy atom. The second-order valence-corrected chi connectivity index (χ2v) is 16.8. The number of carbonyl (C=O) groups excluding carboxylic acids is 1. The quantitative estimate of drug-likeness (QED) is 0.0742. The maximum absolute atomic E-state index is 12.8. The van der Waals surface area contributed by atoms with E-state index in [4.69, 9.17) is 13.0 Å². The molecular weight excluding hydrogens is 572 g/mol. The second-order valence-electron chi connectivity index (χ2n) is 16.8. The largest absolute Gasteiger partial charge is 0.462 e. The van der Waals surface area contributed by atoms with E-state index >= 15 is 0 Å². The summed E-state index contributed by atoms with van der Waals surface area (Å²) >= 11 is 0. The Morgan fingerprint density at radius 2 is 1.60 bits per heavy atom. The van der Waals surface area contributed by atoms with Gasteiger partial charge in [0.05, 0.1) is 0 Å². The first-order chi connectivity index (χ1) is 25.1. The first kappa shape index (κ1) is 30.5. The molecule has 0 aliphatic heterocycles. The van der Waals surface area contributed by atoms with Crippen LogP contribution in [-0.2, 0) is 9.53 Å². The van der Waals surface area contributed by atoms with Crippen LogP contribution in [0.1, 0.15) is 204 Å². The number of esters is 1. The molecule has 0 amide bonds. The van der Waals surface area contributed by atoms with Crippen LogP contribution in [0.25, 0.3) is 0 Å². The summed E-state index contributed by atoms with van der Waals surface area (Å²) in [6.07, 6.45) is 36.1. The molecule has 0 bridgehead atoms. The van der Waals surface area contributed by atoms with E-state index < -0.39 is 13.7 Å². The van der Waals surface area contributed by atoms with E-state index in [9.17, 15) is 4.79 Å². The van der Waals surface area contributed by atoms with Crippen molar-refractivity contribution in [1.29, 1.82) is 0 Å². The van der Waals surface area contributed by atoms with Gasteiger partial charge in [-0.15, -0.1) is 0 Å². The number of allylic oxidation sites excluding steroid dienone is 5. The van der Waals surface area contributed by atoms with Crippen molar-refractivity contribution in [3.63, 3.8) is 0 Å². The molecule has 4 rings (SSSR count). The van der Waals surface area contributed by atoms with Crippen molar-refractivity contribution in [2.24, 2.45) is 40.4 Å². The van der Waals surface area contributed by atoms with E-state index in [0.29, 0.717) is 42.4 Å². The Labute approximate surface area is 300 Å². The summed E-state index contributed by atoms with van der Waals surface area (Å²) in [6.45, 7) is 4.46. The molecule has 0 aromatic carbocycles. The summed E-state index contributed by atoms with van der Waals surface area (Å²) in [5.74, 6) is 3.08. The fourth-order valence-electron chi connectivity index (χ4n) is 11.0. The molecule has 3 saturated carbocycles. The van der Waals surface area contributed by atoms with Crippen LogP contribution in [0.5, 0.6) is 0 Å². The van der Waals surface area contributed by atoms with Gasteiger partial charge in [-0.2, -0.15) is 0 Å². The van der Waals surface area contributed by atoms with Crippen LogP contribution >= 0.6 is 0 Å². The molecule has 0 spiro atoms. The van der Waals surface area contributed by atoms with Gasteiger partial charge in [0.15, 0.2) is 0 Å². The molecule has 4 aliphatic carbocycles. The summed E-state index contributed by atoms with van der Waals surface area (Å²) < 4.78 is 52.4. The molecule has 0 N–H and O–H groups in total. The maximum atomic E-state index is 12.8. The minimum absolute atomic E-state index is 0.00593. The summed E-state index contributed by atoms with van der Waals surface area (Å²) in [7, 11) is 0. The summed E-state index contributed by atoms with van der Waals surface area (Å²) in [5.41, 5.74) is 1.64. The molecule has 268 valence electrons. The van der Waals surface area contributed by atoms with Crippen LogP contribution in [0, 0.1) is 40.4 Å². The smallest absolute Gasteiger partial charge is 0.306 e. The predicted octanol–water partition coefficient (Wildman–Crippen LogP) is 13.9. The molecule has 0 aromatic heterocycles. The monoisotopic (exact) mass is 655 g/mol. The molecule has 4 aliphatic rings. The lowest BCUT2D eigenvalue weighted by molar-refractivity contribution is -0.151. The average molecular weight is 655 g/mol. The zero-order valence-electron chi connectivity index (χ0n) is 37.1.